The number of rotatable bonds is 20. The van der Waals surface area contributed by atoms with Crippen LogP contribution in [0.15, 0.2) is 0 Å². The molecule has 0 fully saturated rings. The summed E-state index contributed by atoms with van der Waals surface area (Å²) in [6.45, 7) is 9.31. The zero-order chi connectivity index (χ0) is 25.1. The Balaban J connectivity index is 5.23. The fraction of sp³-hybridized carbons (Fsp3) is 0.857. The van der Waals surface area contributed by atoms with Gasteiger partial charge >= 0.3 is 11.9 Å². The Labute approximate surface area is 196 Å². The molecule has 0 aromatic rings. The van der Waals surface area contributed by atoms with Crippen LogP contribution in [0.25, 0.3) is 0 Å². The minimum atomic E-state index is -0.923. The van der Waals surface area contributed by atoms with Crippen LogP contribution in [0.3, 0.4) is 0 Å². The maximum atomic E-state index is 11.6. The van der Waals surface area contributed by atoms with Crippen LogP contribution in [-0.2, 0) is 33.4 Å². The van der Waals surface area contributed by atoms with Crippen molar-refractivity contribution in [2.24, 2.45) is 11.5 Å². The summed E-state index contributed by atoms with van der Waals surface area (Å²) in [6.07, 6.45) is 0.706. The normalized spacial score (nSPS) is 13.1. The van der Waals surface area contributed by atoms with Crippen LogP contribution in [-0.4, -0.2) is 93.8 Å². The largest absolute Gasteiger partial charge is 0.463 e. The first-order valence-electron chi connectivity index (χ1n) is 11.4. The third-order valence-corrected chi connectivity index (χ3v) is 4.29. The van der Waals surface area contributed by atoms with Gasteiger partial charge in [0.05, 0.1) is 6.04 Å². The van der Waals surface area contributed by atoms with E-state index < -0.39 is 30.4 Å². The number of carbonyl (C=O) groups excluding carboxylic acids is 3. The predicted octanol–water partition coefficient (Wildman–Crippen LogP) is -0.741. The second-order valence-corrected chi connectivity index (χ2v) is 7.64. The van der Waals surface area contributed by atoms with Crippen molar-refractivity contribution in [2.45, 2.75) is 65.4 Å². The third kappa shape index (κ3) is 18.3. The number of nitrogens with one attached hydrogen (secondary N) is 2. The van der Waals surface area contributed by atoms with Gasteiger partial charge in [-0.05, 0) is 52.4 Å². The summed E-state index contributed by atoms with van der Waals surface area (Å²) >= 11 is 0. The van der Waals surface area contributed by atoms with Crippen LogP contribution in [0, 0.1) is 0 Å². The van der Waals surface area contributed by atoms with Crippen LogP contribution < -0.4 is 22.1 Å². The van der Waals surface area contributed by atoms with E-state index in [4.69, 9.17) is 30.5 Å². The van der Waals surface area contributed by atoms with Gasteiger partial charge in [0.25, 0.3) is 0 Å². The average Bonchev–Trinajstić information content (AvgIpc) is 2.74. The smallest absolute Gasteiger partial charge is 0.302 e. The number of hydrogen-bond acceptors (Lipinski definition) is 11. The van der Waals surface area contributed by atoms with E-state index in [0.29, 0.717) is 32.6 Å². The van der Waals surface area contributed by atoms with Gasteiger partial charge in [0.15, 0.2) is 6.29 Å². The molecule has 0 aliphatic heterocycles. The fourth-order valence-corrected chi connectivity index (χ4v) is 2.72. The van der Waals surface area contributed by atoms with Crippen molar-refractivity contribution in [3.63, 3.8) is 0 Å². The molecule has 1 unspecified atom stereocenters. The molecule has 194 valence electrons. The average molecular weight is 478 g/mol. The summed E-state index contributed by atoms with van der Waals surface area (Å²) in [5, 5.41) is 7.81. The second-order valence-electron chi connectivity index (χ2n) is 7.64. The lowest BCUT2D eigenvalue weighted by atomic mass is 10.3. The predicted molar refractivity (Wildman–Crippen MR) is 123 cm³/mol. The van der Waals surface area contributed by atoms with Gasteiger partial charge in [0.2, 0.25) is 5.91 Å². The third-order valence-electron chi connectivity index (χ3n) is 4.29. The quantitative estimate of drug-likeness (QED) is 0.0754. The van der Waals surface area contributed by atoms with E-state index in [2.05, 4.69) is 10.6 Å². The Hall–Kier alpha value is -1.83. The molecule has 2 atom stereocenters. The molecular formula is C21H43N5O7. The van der Waals surface area contributed by atoms with E-state index >= 15 is 0 Å². The number of hydrogen-bond donors (Lipinski definition) is 4. The van der Waals surface area contributed by atoms with E-state index in [0.717, 1.165) is 25.9 Å². The molecule has 0 aliphatic carbocycles. The molecule has 0 radical (unpaired) electrons. The van der Waals surface area contributed by atoms with E-state index in [1.54, 1.807) is 12.0 Å². The minimum absolute atomic E-state index is 0.136. The van der Waals surface area contributed by atoms with Crippen molar-refractivity contribution in [3.05, 3.63) is 0 Å². The Kier molecular flexibility index (Phi) is 18.5. The molecule has 0 bridgehead atoms. The summed E-state index contributed by atoms with van der Waals surface area (Å²) in [4.78, 5) is 40.2. The molecule has 6 N–H and O–H groups in total. The van der Waals surface area contributed by atoms with Crippen molar-refractivity contribution in [1.29, 1.82) is 0 Å². The molecule has 0 aromatic heterocycles. The summed E-state index contributed by atoms with van der Waals surface area (Å²) in [6, 6.07) is -0.539. The zero-order valence-electron chi connectivity index (χ0n) is 20.5. The zero-order valence-corrected chi connectivity index (χ0v) is 20.5. The number of esters is 2. The summed E-state index contributed by atoms with van der Waals surface area (Å²) in [5.41, 5.74) is 11.2. The molecule has 0 saturated carbocycles. The fourth-order valence-electron chi connectivity index (χ4n) is 2.72. The molecule has 12 nitrogen and oxygen atoms in total. The standard InChI is InChI=1S/C21H43N5O7/c1-16(25-17(2)27)21(32-20(14-30-18(3)28)15-31-19(4)29)33-26(12-6-9-23)13-7-11-24-10-5-8-22/h16,20-21,24H,5-15,22-23H2,1-4H3,(H,25,27)/t16?,21-/m0/s1. The molecule has 0 heterocycles. The first kappa shape index (κ1) is 31.2. The second kappa shape index (κ2) is 19.6. The van der Waals surface area contributed by atoms with Gasteiger partial charge < -0.3 is 36.3 Å². The molecular weight excluding hydrogens is 434 g/mol. The molecule has 1 amide bonds. The first-order chi connectivity index (χ1) is 15.7. The number of carbonyl (C=O) groups is 3. The van der Waals surface area contributed by atoms with Gasteiger partial charge in [0, 0.05) is 33.9 Å². The van der Waals surface area contributed by atoms with Gasteiger partial charge in [-0.2, -0.15) is 5.06 Å². The van der Waals surface area contributed by atoms with Gasteiger partial charge in [-0.1, -0.05) is 0 Å². The number of hydroxylamine groups is 2. The molecule has 0 aromatic carbocycles. The Morgan fingerprint density at radius 1 is 0.879 bits per heavy atom. The highest BCUT2D eigenvalue weighted by Gasteiger charge is 2.28. The summed E-state index contributed by atoms with van der Waals surface area (Å²) < 4.78 is 16.1. The van der Waals surface area contributed by atoms with Gasteiger partial charge in [-0.15, -0.1) is 0 Å². The lowest BCUT2D eigenvalue weighted by Gasteiger charge is -2.33. The number of amides is 1. The SMILES string of the molecule is CC(=O)NC(C)[C@@H](OC(COC(C)=O)COC(C)=O)ON(CCCN)CCCNCCCN. The minimum Gasteiger partial charge on any atom is -0.463 e. The lowest BCUT2D eigenvalue weighted by Crippen LogP contribution is -2.49. The molecule has 0 spiro atoms. The van der Waals surface area contributed by atoms with E-state index in [1.165, 1.54) is 20.8 Å². The van der Waals surface area contributed by atoms with Crippen LogP contribution in [0.2, 0.25) is 0 Å². The highest BCUT2D eigenvalue weighted by molar-refractivity contribution is 5.73. The van der Waals surface area contributed by atoms with Gasteiger partial charge in [0.1, 0.15) is 19.3 Å². The van der Waals surface area contributed by atoms with E-state index in [9.17, 15) is 14.4 Å². The van der Waals surface area contributed by atoms with Crippen LogP contribution >= 0.6 is 0 Å². The molecule has 0 rings (SSSR count). The van der Waals surface area contributed by atoms with Crippen LogP contribution in [0.4, 0.5) is 0 Å². The maximum absolute atomic E-state index is 11.6. The van der Waals surface area contributed by atoms with Crippen molar-refractivity contribution >= 4 is 17.8 Å². The molecule has 12 heteroatoms. The number of nitrogens with zero attached hydrogens (tertiary/aromatic N) is 1. The molecule has 0 aliphatic rings. The Morgan fingerprint density at radius 3 is 1.94 bits per heavy atom. The Bertz CT molecular complexity index is 535. The van der Waals surface area contributed by atoms with Crippen LogP contribution in [0.5, 0.6) is 0 Å². The summed E-state index contributed by atoms with van der Waals surface area (Å²) in [5.74, 6) is -1.25. The van der Waals surface area contributed by atoms with Gasteiger partial charge in [-0.25, -0.2) is 0 Å². The van der Waals surface area contributed by atoms with E-state index in [1.807, 2.05) is 0 Å². The number of nitrogens with two attached hydrogens (primary N) is 2. The summed E-state index contributed by atoms with van der Waals surface area (Å²) in [7, 11) is 0. The lowest BCUT2D eigenvalue weighted by molar-refractivity contribution is -0.304. The van der Waals surface area contributed by atoms with Crippen molar-refractivity contribution in [2.75, 3.05) is 52.5 Å². The van der Waals surface area contributed by atoms with Crippen molar-refractivity contribution in [1.82, 2.24) is 15.7 Å². The molecule has 33 heavy (non-hydrogen) atoms. The topological polar surface area (TPSA) is 167 Å². The monoisotopic (exact) mass is 477 g/mol. The van der Waals surface area contributed by atoms with Crippen LogP contribution in [0.1, 0.15) is 47.0 Å². The van der Waals surface area contributed by atoms with Gasteiger partial charge in [-0.3, -0.25) is 19.2 Å². The molecule has 0 saturated heterocycles. The number of ether oxygens (including phenoxy) is 3. The van der Waals surface area contributed by atoms with E-state index in [-0.39, 0.29) is 19.1 Å². The highest BCUT2D eigenvalue weighted by Crippen LogP contribution is 2.11. The van der Waals surface area contributed by atoms with Crippen molar-refractivity contribution in [3.8, 4) is 0 Å². The van der Waals surface area contributed by atoms with Crippen molar-refractivity contribution < 1.29 is 33.4 Å². The maximum Gasteiger partial charge on any atom is 0.302 e. The Morgan fingerprint density at radius 2 is 1.42 bits per heavy atom. The highest BCUT2D eigenvalue weighted by atomic mass is 16.8. The first-order valence-corrected chi connectivity index (χ1v) is 11.4.